The van der Waals surface area contributed by atoms with Crippen molar-refractivity contribution in [2.24, 2.45) is 0 Å². The molecule has 1 aliphatic carbocycles. The van der Waals surface area contributed by atoms with Crippen LogP contribution < -0.4 is 10.6 Å². The topological polar surface area (TPSA) is 76.1 Å². The van der Waals surface area contributed by atoms with Crippen molar-refractivity contribution in [3.05, 3.63) is 41.8 Å². The Morgan fingerprint density at radius 2 is 1.93 bits per heavy atom. The summed E-state index contributed by atoms with van der Waals surface area (Å²) in [4.78, 5) is 19.8. The molecule has 2 N–H and O–H groups in total. The van der Waals surface area contributed by atoms with Crippen LogP contribution in [-0.4, -0.2) is 41.2 Å². The van der Waals surface area contributed by atoms with E-state index in [-0.39, 0.29) is 18.0 Å². The number of halogens is 1. The van der Waals surface area contributed by atoms with Crippen molar-refractivity contribution in [3.63, 3.8) is 0 Å². The average molecular weight is 384 g/mol. The van der Waals surface area contributed by atoms with E-state index >= 15 is 0 Å². The van der Waals surface area contributed by atoms with Gasteiger partial charge in [0.15, 0.2) is 5.82 Å². The second-order valence-electron chi connectivity index (χ2n) is 7.64. The van der Waals surface area contributed by atoms with Crippen LogP contribution in [0.3, 0.4) is 0 Å². The van der Waals surface area contributed by atoms with Crippen LogP contribution in [0.4, 0.5) is 10.3 Å². The molecule has 2 aliphatic rings. The fourth-order valence-corrected chi connectivity index (χ4v) is 3.86. The maximum atomic E-state index is 14.4. The summed E-state index contributed by atoms with van der Waals surface area (Å²) in [6.45, 7) is 2.97. The lowest BCUT2D eigenvalue weighted by Gasteiger charge is -2.29. The maximum absolute atomic E-state index is 14.4. The quantitative estimate of drug-likeness (QED) is 0.828. The summed E-state index contributed by atoms with van der Waals surface area (Å²) in [5.41, 5.74) is 2.21. The van der Waals surface area contributed by atoms with Crippen LogP contribution in [0.25, 0.3) is 11.3 Å². The lowest BCUT2D eigenvalue weighted by molar-refractivity contribution is -0.119. The highest BCUT2D eigenvalue weighted by Gasteiger charge is 2.23. The lowest BCUT2D eigenvalue weighted by Crippen LogP contribution is -2.39. The highest BCUT2D eigenvalue weighted by molar-refractivity contribution is 5.73. The summed E-state index contributed by atoms with van der Waals surface area (Å²) >= 11 is 0. The molecule has 0 bridgehead atoms. The van der Waals surface area contributed by atoms with E-state index in [0.29, 0.717) is 30.8 Å². The molecule has 0 unspecified atom stereocenters. The van der Waals surface area contributed by atoms with Gasteiger partial charge in [0.25, 0.3) is 0 Å². The van der Waals surface area contributed by atoms with Crippen LogP contribution in [0, 0.1) is 5.82 Å². The van der Waals surface area contributed by atoms with Gasteiger partial charge in [0.1, 0.15) is 5.69 Å². The van der Waals surface area contributed by atoms with Gasteiger partial charge < -0.3 is 15.4 Å². The summed E-state index contributed by atoms with van der Waals surface area (Å²) < 4.78 is 19.7. The Morgan fingerprint density at radius 3 is 2.61 bits per heavy atom. The Bertz CT molecular complexity index is 848. The minimum atomic E-state index is -0.429. The van der Waals surface area contributed by atoms with Crippen LogP contribution in [0.1, 0.15) is 44.1 Å². The van der Waals surface area contributed by atoms with Crippen LogP contribution >= 0.6 is 0 Å². The third kappa shape index (κ3) is 4.30. The fourth-order valence-electron chi connectivity index (χ4n) is 3.86. The van der Waals surface area contributed by atoms with E-state index in [1.807, 2.05) is 24.3 Å². The first kappa shape index (κ1) is 18.8. The average Bonchev–Trinajstić information content (AvgIpc) is 2.63. The van der Waals surface area contributed by atoms with E-state index in [9.17, 15) is 9.18 Å². The Hall–Kier alpha value is -2.54. The number of benzene rings is 1. The summed E-state index contributed by atoms with van der Waals surface area (Å²) in [5.74, 6) is 0.401. The zero-order chi connectivity index (χ0) is 19.5. The van der Waals surface area contributed by atoms with Gasteiger partial charge in [0.05, 0.1) is 19.4 Å². The minimum absolute atomic E-state index is 0.0126. The highest BCUT2D eigenvalue weighted by Crippen LogP contribution is 2.29. The lowest BCUT2D eigenvalue weighted by atomic mass is 9.91. The SMILES string of the molecule is CC(=O)NC1CCC(Nc2ncc(F)c(-c3cccc(C4COC4)c3)n2)CC1. The molecule has 1 saturated heterocycles. The van der Waals surface area contributed by atoms with Gasteiger partial charge in [-0.1, -0.05) is 18.2 Å². The monoisotopic (exact) mass is 384 g/mol. The Balaban J connectivity index is 1.45. The molecule has 0 atom stereocenters. The summed E-state index contributed by atoms with van der Waals surface area (Å²) in [7, 11) is 0. The van der Waals surface area contributed by atoms with E-state index in [1.165, 1.54) is 6.20 Å². The van der Waals surface area contributed by atoms with Gasteiger partial charge in [-0.3, -0.25) is 4.79 Å². The van der Waals surface area contributed by atoms with Gasteiger partial charge in [-0.05, 0) is 37.3 Å². The second kappa shape index (κ2) is 8.22. The predicted molar refractivity (Wildman–Crippen MR) is 104 cm³/mol. The number of carbonyl (C=O) groups excluding carboxylic acids is 1. The number of ether oxygens (including phenoxy) is 1. The summed E-state index contributed by atoms with van der Waals surface area (Å²) in [5, 5.41) is 6.30. The Morgan fingerprint density at radius 1 is 1.18 bits per heavy atom. The van der Waals surface area contributed by atoms with Gasteiger partial charge in [0.2, 0.25) is 11.9 Å². The van der Waals surface area contributed by atoms with Crippen molar-refractivity contribution in [3.8, 4) is 11.3 Å². The number of anilines is 1. The normalized spacial score (nSPS) is 22.4. The molecule has 1 aliphatic heterocycles. The molecule has 2 heterocycles. The molecule has 0 radical (unpaired) electrons. The largest absolute Gasteiger partial charge is 0.380 e. The van der Waals surface area contributed by atoms with Gasteiger partial charge in [0, 0.05) is 30.5 Å². The molecule has 1 saturated carbocycles. The van der Waals surface area contributed by atoms with E-state index in [1.54, 1.807) is 6.92 Å². The van der Waals surface area contributed by atoms with E-state index in [4.69, 9.17) is 4.74 Å². The van der Waals surface area contributed by atoms with Crippen LogP contribution in [0.15, 0.2) is 30.5 Å². The molecule has 1 aromatic heterocycles. The van der Waals surface area contributed by atoms with Crippen molar-refractivity contribution in [1.29, 1.82) is 0 Å². The fraction of sp³-hybridized carbons (Fsp3) is 0.476. The first-order valence-electron chi connectivity index (χ1n) is 9.83. The molecule has 0 spiro atoms. The molecule has 4 rings (SSSR count). The standard InChI is InChI=1S/C21H25FN4O2/c1-13(27)24-17-5-7-18(8-6-17)25-21-23-10-19(22)20(26-21)15-4-2-3-14(9-15)16-11-28-12-16/h2-4,9-10,16-18H,5-8,11-12H2,1H3,(H,24,27)(H,23,25,26). The molecule has 28 heavy (non-hydrogen) atoms. The number of aromatic nitrogens is 2. The third-order valence-electron chi connectivity index (χ3n) is 5.48. The Kier molecular flexibility index (Phi) is 5.52. The van der Waals surface area contributed by atoms with Gasteiger partial charge in [-0.25, -0.2) is 14.4 Å². The smallest absolute Gasteiger partial charge is 0.223 e. The maximum Gasteiger partial charge on any atom is 0.223 e. The van der Waals surface area contributed by atoms with Crippen molar-refractivity contribution >= 4 is 11.9 Å². The number of hydrogen-bond acceptors (Lipinski definition) is 5. The van der Waals surface area contributed by atoms with E-state index in [2.05, 4.69) is 20.6 Å². The molecular weight excluding hydrogens is 359 g/mol. The number of carbonyl (C=O) groups is 1. The number of nitrogens with one attached hydrogen (secondary N) is 2. The van der Waals surface area contributed by atoms with Crippen LogP contribution in [0.5, 0.6) is 0 Å². The highest BCUT2D eigenvalue weighted by atomic mass is 19.1. The van der Waals surface area contributed by atoms with Gasteiger partial charge in [-0.2, -0.15) is 0 Å². The molecular formula is C21H25FN4O2. The van der Waals surface area contributed by atoms with E-state index < -0.39 is 5.82 Å². The number of rotatable bonds is 5. The molecule has 7 heteroatoms. The zero-order valence-electron chi connectivity index (χ0n) is 16.0. The molecule has 2 fully saturated rings. The summed E-state index contributed by atoms with van der Waals surface area (Å²) in [6, 6.07) is 8.29. The number of nitrogens with zero attached hydrogens (tertiary/aromatic N) is 2. The number of hydrogen-bond donors (Lipinski definition) is 2. The van der Waals surface area contributed by atoms with Crippen LogP contribution in [0.2, 0.25) is 0 Å². The van der Waals surface area contributed by atoms with Crippen LogP contribution in [-0.2, 0) is 9.53 Å². The molecule has 148 valence electrons. The Labute approximate surface area is 163 Å². The van der Waals surface area contributed by atoms with Gasteiger partial charge >= 0.3 is 0 Å². The van der Waals surface area contributed by atoms with E-state index in [0.717, 1.165) is 36.8 Å². The predicted octanol–water partition coefficient (Wildman–Crippen LogP) is 3.26. The second-order valence-corrected chi connectivity index (χ2v) is 7.64. The first-order valence-corrected chi connectivity index (χ1v) is 9.83. The summed E-state index contributed by atoms with van der Waals surface area (Å²) in [6.07, 6.45) is 4.89. The zero-order valence-corrected chi connectivity index (χ0v) is 16.0. The first-order chi connectivity index (χ1) is 13.6. The molecule has 1 aromatic carbocycles. The molecule has 6 nitrogen and oxygen atoms in total. The molecule has 1 amide bonds. The van der Waals surface area contributed by atoms with Crippen molar-refractivity contribution < 1.29 is 13.9 Å². The van der Waals surface area contributed by atoms with Gasteiger partial charge in [-0.15, -0.1) is 0 Å². The molecule has 2 aromatic rings. The third-order valence-corrected chi connectivity index (χ3v) is 5.48. The minimum Gasteiger partial charge on any atom is -0.380 e. The van der Waals surface area contributed by atoms with Crippen molar-refractivity contribution in [1.82, 2.24) is 15.3 Å². The van der Waals surface area contributed by atoms with Crippen molar-refractivity contribution in [2.75, 3.05) is 18.5 Å². The van der Waals surface area contributed by atoms with Crippen molar-refractivity contribution in [2.45, 2.75) is 50.6 Å². The number of amides is 1.